The molecule has 0 aliphatic carbocycles. The number of carboxylic acids is 1. The number of ether oxygens (including phenoxy) is 5. The second-order valence-corrected chi connectivity index (χ2v) is 8.31. The molecule has 1 aliphatic heterocycles. The van der Waals surface area contributed by atoms with Gasteiger partial charge in [-0.1, -0.05) is 30.3 Å². The van der Waals surface area contributed by atoms with E-state index in [0.29, 0.717) is 6.42 Å². The first-order chi connectivity index (χ1) is 16.2. The molecule has 0 amide bonds. The minimum absolute atomic E-state index is 0.0320. The van der Waals surface area contributed by atoms with E-state index in [1.54, 1.807) is 39.2 Å². The van der Waals surface area contributed by atoms with Gasteiger partial charge in [0.2, 0.25) is 0 Å². The third kappa shape index (κ3) is 6.44. The zero-order valence-electron chi connectivity index (χ0n) is 19.6. The van der Waals surface area contributed by atoms with Crippen molar-refractivity contribution in [3.05, 3.63) is 77.9 Å². The molecule has 0 unspecified atom stereocenters. The Hall–Kier alpha value is -3.20. The van der Waals surface area contributed by atoms with Gasteiger partial charge in [-0.3, -0.25) is 0 Å². The van der Waals surface area contributed by atoms with Crippen molar-refractivity contribution in [2.75, 3.05) is 13.7 Å². The fraction of sp³-hybridized carbons (Fsp3) is 0.385. The molecule has 34 heavy (non-hydrogen) atoms. The molecule has 1 fully saturated rings. The van der Waals surface area contributed by atoms with Gasteiger partial charge in [0.05, 0.1) is 30.9 Å². The summed E-state index contributed by atoms with van der Waals surface area (Å²) in [5.41, 5.74) is 0.733. The summed E-state index contributed by atoms with van der Waals surface area (Å²) in [6.07, 6.45) is 0.701. The summed E-state index contributed by atoms with van der Waals surface area (Å²) >= 11 is 0. The molecule has 0 saturated carbocycles. The molecule has 8 heteroatoms. The van der Waals surface area contributed by atoms with E-state index in [0.717, 1.165) is 11.3 Å². The molecule has 1 aliphatic rings. The number of hydrogen-bond acceptors (Lipinski definition) is 7. The van der Waals surface area contributed by atoms with Gasteiger partial charge in [-0.25, -0.2) is 9.59 Å². The van der Waals surface area contributed by atoms with Gasteiger partial charge in [-0.2, -0.15) is 0 Å². The Morgan fingerprint density at radius 2 is 1.79 bits per heavy atom. The molecule has 0 radical (unpaired) electrons. The highest BCUT2D eigenvalue weighted by Crippen LogP contribution is 2.33. The van der Waals surface area contributed by atoms with Crippen molar-refractivity contribution in [3.63, 3.8) is 0 Å². The number of hydrogen-bond donors (Lipinski definition) is 1. The van der Waals surface area contributed by atoms with Crippen LogP contribution in [0.25, 0.3) is 0 Å². The normalized spacial score (nSPS) is 19.9. The number of carboxylic acid groups (broad SMARTS) is 1. The first-order valence-electron chi connectivity index (χ1n) is 10.9. The van der Waals surface area contributed by atoms with Crippen LogP contribution in [0.2, 0.25) is 0 Å². The molecule has 2 aromatic carbocycles. The number of methoxy groups -OCH3 is 1. The van der Waals surface area contributed by atoms with Gasteiger partial charge < -0.3 is 28.8 Å². The molecule has 1 N–H and O–H groups in total. The van der Waals surface area contributed by atoms with Crippen LogP contribution in [-0.2, 0) is 25.6 Å². The molecule has 0 bridgehead atoms. The van der Waals surface area contributed by atoms with Crippen LogP contribution in [0.3, 0.4) is 0 Å². The lowest BCUT2D eigenvalue weighted by atomic mass is 10.1. The van der Waals surface area contributed by atoms with Crippen molar-refractivity contribution in [1.29, 1.82) is 0 Å². The van der Waals surface area contributed by atoms with Crippen LogP contribution in [0.5, 0.6) is 5.75 Å². The number of aromatic carboxylic acids is 1. The average molecular weight is 471 g/mol. The molecular weight excluding hydrogens is 440 g/mol. The molecule has 0 aromatic heterocycles. The van der Waals surface area contributed by atoms with Crippen molar-refractivity contribution >= 4 is 11.9 Å². The second-order valence-electron chi connectivity index (χ2n) is 8.31. The van der Waals surface area contributed by atoms with Gasteiger partial charge in [0.15, 0.2) is 5.79 Å². The van der Waals surface area contributed by atoms with Gasteiger partial charge in [-0.15, -0.1) is 6.58 Å². The van der Waals surface area contributed by atoms with E-state index in [1.165, 1.54) is 12.1 Å². The fourth-order valence-electron chi connectivity index (χ4n) is 3.77. The quantitative estimate of drug-likeness (QED) is 0.385. The van der Waals surface area contributed by atoms with Crippen molar-refractivity contribution in [3.8, 4) is 5.75 Å². The lowest BCUT2D eigenvalue weighted by molar-refractivity contribution is -0.164. The largest absolute Gasteiger partial charge is 0.497 e. The Morgan fingerprint density at radius 1 is 1.12 bits per heavy atom. The molecule has 2 aromatic rings. The van der Waals surface area contributed by atoms with E-state index in [9.17, 15) is 14.7 Å². The molecule has 1 heterocycles. The smallest absolute Gasteiger partial charge is 0.339 e. The zero-order chi connectivity index (χ0) is 24.7. The standard InChI is InChI=1S/C26H30O8/c1-5-8-21-23(34-26(2,3)33-21)22(31-15-17-11-13-18(30-4)14-12-17)16-32-25(29)20-10-7-6-9-19(20)24(27)28/h5-7,9-14,21-23H,1,8,15-16H2,2-4H3,(H,27,28)/t21-,22+,23-/m0/s1. The van der Waals surface area contributed by atoms with Gasteiger partial charge in [0, 0.05) is 0 Å². The Balaban J connectivity index is 1.77. The van der Waals surface area contributed by atoms with Crippen LogP contribution in [0.1, 0.15) is 46.5 Å². The van der Waals surface area contributed by atoms with E-state index < -0.39 is 29.9 Å². The number of benzene rings is 2. The Kier molecular flexibility index (Phi) is 8.44. The molecule has 182 valence electrons. The summed E-state index contributed by atoms with van der Waals surface area (Å²) in [7, 11) is 1.59. The van der Waals surface area contributed by atoms with Crippen LogP contribution in [0.4, 0.5) is 0 Å². The van der Waals surface area contributed by atoms with Gasteiger partial charge in [0.25, 0.3) is 0 Å². The monoisotopic (exact) mass is 470 g/mol. The Bertz CT molecular complexity index is 998. The Labute approximate surface area is 199 Å². The second kappa shape index (κ2) is 11.3. The topological polar surface area (TPSA) is 101 Å². The van der Waals surface area contributed by atoms with Crippen molar-refractivity contribution in [1.82, 2.24) is 0 Å². The summed E-state index contributed by atoms with van der Waals surface area (Å²) in [6, 6.07) is 13.3. The highest BCUT2D eigenvalue weighted by atomic mass is 16.8. The summed E-state index contributed by atoms with van der Waals surface area (Å²) in [6.45, 7) is 7.48. The minimum atomic E-state index is -1.21. The van der Waals surface area contributed by atoms with E-state index >= 15 is 0 Å². The van der Waals surface area contributed by atoms with Crippen LogP contribution in [0.15, 0.2) is 61.2 Å². The van der Waals surface area contributed by atoms with Crippen molar-refractivity contribution < 1.29 is 38.4 Å². The number of carbonyl (C=O) groups excluding carboxylic acids is 1. The molecular formula is C26H30O8. The van der Waals surface area contributed by atoms with E-state index in [1.807, 2.05) is 24.3 Å². The molecule has 1 saturated heterocycles. The molecule has 0 spiro atoms. The van der Waals surface area contributed by atoms with E-state index in [2.05, 4.69) is 6.58 Å². The van der Waals surface area contributed by atoms with Gasteiger partial charge >= 0.3 is 11.9 Å². The highest BCUT2D eigenvalue weighted by molar-refractivity contribution is 6.02. The average Bonchev–Trinajstić information content (AvgIpc) is 3.13. The first-order valence-corrected chi connectivity index (χ1v) is 10.9. The SMILES string of the molecule is C=CC[C@@H]1OC(C)(C)O[C@@H]1[C@@H](COC(=O)c1ccccc1C(=O)O)OCc1ccc(OC)cc1. The maximum Gasteiger partial charge on any atom is 0.339 e. The lowest BCUT2D eigenvalue weighted by Crippen LogP contribution is -2.41. The molecule has 8 nitrogen and oxygen atoms in total. The third-order valence-corrected chi connectivity index (χ3v) is 5.37. The van der Waals surface area contributed by atoms with Crippen LogP contribution in [-0.4, -0.2) is 54.9 Å². The summed E-state index contributed by atoms with van der Waals surface area (Å²) in [4.78, 5) is 24.2. The van der Waals surface area contributed by atoms with Crippen LogP contribution in [0, 0.1) is 0 Å². The van der Waals surface area contributed by atoms with Crippen molar-refractivity contribution in [2.45, 2.75) is 51.0 Å². The van der Waals surface area contributed by atoms with Crippen molar-refractivity contribution in [2.24, 2.45) is 0 Å². The molecule has 3 rings (SSSR count). The highest BCUT2D eigenvalue weighted by Gasteiger charge is 2.45. The maximum atomic E-state index is 12.7. The minimum Gasteiger partial charge on any atom is -0.497 e. The predicted molar refractivity (Wildman–Crippen MR) is 124 cm³/mol. The van der Waals surface area contributed by atoms with Crippen LogP contribution < -0.4 is 4.74 Å². The number of rotatable bonds is 11. The summed E-state index contributed by atoms with van der Waals surface area (Å²) in [5.74, 6) is -2.08. The molecule has 3 atom stereocenters. The lowest BCUT2D eigenvalue weighted by Gasteiger charge is -2.26. The maximum absolute atomic E-state index is 12.7. The number of esters is 1. The van der Waals surface area contributed by atoms with E-state index in [-0.39, 0.29) is 30.4 Å². The summed E-state index contributed by atoms with van der Waals surface area (Å²) < 4.78 is 28.9. The number of carbonyl (C=O) groups is 2. The van der Waals surface area contributed by atoms with E-state index in [4.69, 9.17) is 23.7 Å². The summed E-state index contributed by atoms with van der Waals surface area (Å²) in [5, 5.41) is 9.38. The first kappa shape index (κ1) is 25.4. The van der Waals surface area contributed by atoms with Crippen LogP contribution >= 0.6 is 0 Å². The predicted octanol–water partition coefficient (Wildman–Crippen LogP) is 4.23. The Morgan fingerprint density at radius 3 is 2.41 bits per heavy atom. The fourth-order valence-corrected chi connectivity index (χ4v) is 3.77. The third-order valence-electron chi connectivity index (χ3n) is 5.37. The van der Waals surface area contributed by atoms with Gasteiger partial charge in [0.1, 0.15) is 24.6 Å². The van der Waals surface area contributed by atoms with Gasteiger partial charge in [-0.05, 0) is 50.1 Å². The zero-order valence-corrected chi connectivity index (χ0v) is 19.6.